The number of halogens is 4. The molecular formula is C16H20BrF3N2O2. The highest BCUT2D eigenvalue weighted by Crippen LogP contribution is 2.30. The molecule has 1 fully saturated rings. The van der Waals surface area contributed by atoms with Gasteiger partial charge in [0.1, 0.15) is 6.10 Å². The minimum Gasteiger partial charge on any atom is -0.474 e. The monoisotopic (exact) mass is 408 g/mol. The maximum absolute atomic E-state index is 12.5. The quantitative estimate of drug-likeness (QED) is 0.721. The SMILES string of the molecule is O=C(CCCBr)NC1CCC(Oc2ccc(C(F)(F)F)cn2)CC1. The lowest BCUT2D eigenvalue weighted by molar-refractivity contribution is -0.137. The summed E-state index contributed by atoms with van der Waals surface area (Å²) >= 11 is 3.29. The molecule has 1 aromatic heterocycles. The number of carbonyl (C=O) groups is 1. The number of amides is 1. The third kappa shape index (κ3) is 5.96. The van der Waals surface area contributed by atoms with Crippen molar-refractivity contribution in [2.75, 3.05) is 5.33 Å². The Bertz CT molecular complexity index is 529. The highest BCUT2D eigenvalue weighted by Gasteiger charge is 2.31. The third-order valence-corrected chi connectivity index (χ3v) is 4.49. The van der Waals surface area contributed by atoms with Gasteiger partial charge in [-0.3, -0.25) is 4.79 Å². The summed E-state index contributed by atoms with van der Waals surface area (Å²) in [7, 11) is 0. The lowest BCUT2D eigenvalue weighted by Crippen LogP contribution is -2.39. The average Bonchev–Trinajstić information content (AvgIpc) is 2.54. The smallest absolute Gasteiger partial charge is 0.417 e. The molecule has 1 saturated carbocycles. The second-order valence-corrected chi connectivity index (χ2v) is 6.63. The van der Waals surface area contributed by atoms with Crippen molar-refractivity contribution >= 4 is 21.8 Å². The van der Waals surface area contributed by atoms with Gasteiger partial charge in [0.2, 0.25) is 11.8 Å². The number of hydrogen-bond acceptors (Lipinski definition) is 3. The van der Waals surface area contributed by atoms with Crippen molar-refractivity contribution in [2.45, 2.75) is 56.8 Å². The number of hydrogen-bond donors (Lipinski definition) is 1. The fourth-order valence-electron chi connectivity index (χ4n) is 2.64. The number of alkyl halides is 4. The van der Waals surface area contributed by atoms with Crippen molar-refractivity contribution in [3.05, 3.63) is 23.9 Å². The topological polar surface area (TPSA) is 51.2 Å². The number of nitrogens with one attached hydrogen (secondary N) is 1. The van der Waals surface area contributed by atoms with Gasteiger partial charge in [-0.05, 0) is 38.2 Å². The third-order valence-electron chi connectivity index (χ3n) is 3.93. The molecule has 1 aromatic rings. The van der Waals surface area contributed by atoms with Crippen molar-refractivity contribution < 1.29 is 22.7 Å². The Morgan fingerprint density at radius 3 is 2.54 bits per heavy atom. The van der Waals surface area contributed by atoms with Crippen LogP contribution >= 0.6 is 15.9 Å². The molecule has 0 saturated heterocycles. The van der Waals surface area contributed by atoms with E-state index in [4.69, 9.17) is 4.74 Å². The Hall–Kier alpha value is -1.31. The molecule has 2 rings (SSSR count). The molecule has 1 aliphatic carbocycles. The minimum atomic E-state index is -4.39. The summed E-state index contributed by atoms with van der Waals surface area (Å²) in [5, 5.41) is 3.81. The molecule has 1 aliphatic rings. The average molecular weight is 409 g/mol. The van der Waals surface area contributed by atoms with Crippen LogP contribution in [0.4, 0.5) is 13.2 Å². The highest BCUT2D eigenvalue weighted by atomic mass is 79.9. The Balaban J connectivity index is 1.76. The second kappa shape index (κ2) is 8.69. The summed E-state index contributed by atoms with van der Waals surface area (Å²) in [5.41, 5.74) is -0.787. The first kappa shape index (κ1) is 19.0. The molecule has 0 unspecified atom stereocenters. The lowest BCUT2D eigenvalue weighted by atomic mass is 9.93. The number of ether oxygens (including phenoxy) is 1. The van der Waals surface area contributed by atoms with Crippen LogP contribution in [0, 0.1) is 0 Å². The molecule has 1 N–H and O–H groups in total. The first-order valence-electron chi connectivity index (χ1n) is 7.93. The molecule has 0 bridgehead atoms. The van der Waals surface area contributed by atoms with Crippen LogP contribution in [0.3, 0.4) is 0 Å². The van der Waals surface area contributed by atoms with Gasteiger partial charge in [-0.25, -0.2) is 4.98 Å². The molecule has 0 atom stereocenters. The fraction of sp³-hybridized carbons (Fsp3) is 0.625. The number of rotatable bonds is 6. The Morgan fingerprint density at radius 1 is 1.29 bits per heavy atom. The van der Waals surface area contributed by atoms with Gasteiger partial charge in [0.05, 0.1) is 5.56 Å². The molecule has 0 spiro atoms. The summed E-state index contributed by atoms with van der Waals surface area (Å²) in [6.07, 6.45) is 0.711. The van der Waals surface area contributed by atoms with E-state index in [9.17, 15) is 18.0 Å². The fourth-order valence-corrected chi connectivity index (χ4v) is 2.92. The van der Waals surface area contributed by atoms with Crippen LogP contribution in [-0.2, 0) is 11.0 Å². The summed E-state index contributed by atoms with van der Waals surface area (Å²) in [6, 6.07) is 2.36. The lowest BCUT2D eigenvalue weighted by Gasteiger charge is -2.29. The molecular weight excluding hydrogens is 389 g/mol. The van der Waals surface area contributed by atoms with Gasteiger partial charge in [0.25, 0.3) is 0 Å². The van der Waals surface area contributed by atoms with Crippen LogP contribution in [0.2, 0.25) is 0 Å². The van der Waals surface area contributed by atoms with E-state index in [0.717, 1.165) is 49.7 Å². The van der Waals surface area contributed by atoms with E-state index < -0.39 is 11.7 Å². The molecule has 1 amide bonds. The van der Waals surface area contributed by atoms with Crippen molar-refractivity contribution in [3.63, 3.8) is 0 Å². The van der Waals surface area contributed by atoms with E-state index in [1.54, 1.807) is 0 Å². The molecule has 0 aliphatic heterocycles. The van der Waals surface area contributed by atoms with Crippen LogP contribution in [0.15, 0.2) is 18.3 Å². The van der Waals surface area contributed by atoms with Crippen molar-refractivity contribution in [3.8, 4) is 5.88 Å². The van der Waals surface area contributed by atoms with E-state index >= 15 is 0 Å². The zero-order chi connectivity index (χ0) is 17.6. The molecule has 24 heavy (non-hydrogen) atoms. The van der Waals surface area contributed by atoms with E-state index in [-0.39, 0.29) is 23.9 Å². The maximum atomic E-state index is 12.5. The van der Waals surface area contributed by atoms with E-state index in [1.165, 1.54) is 6.07 Å². The summed E-state index contributed by atoms with van der Waals surface area (Å²) in [4.78, 5) is 15.4. The standard InChI is InChI=1S/C16H20BrF3N2O2/c17-9-1-2-14(23)22-12-4-6-13(7-5-12)24-15-8-3-11(10-21-15)16(18,19)20/h3,8,10,12-13H,1-2,4-7,9H2,(H,22,23). The summed E-state index contributed by atoms with van der Waals surface area (Å²) in [5.74, 6) is 0.260. The van der Waals surface area contributed by atoms with E-state index in [0.29, 0.717) is 6.42 Å². The summed E-state index contributed by atoms with van der Waals surface area (Å²) in [6.45, 7) is 0. The van der Waals surface area contributed by atoms with Gasteiger partial charge in [-0.2, -0.15) is 13.2 Å². The molecule has 134 valence electrons. The van der Waals surface area contributed by atoms with E-state index in [2.05, 4.69) is 26.2 Å². The van der Waals surface area contributed by atoms with Crippen LogP contribution in [0.5, 0.6) is 5.88 Å². The second-order valence-electron chi connectivity index (χ2n) is 5.83. The largest absolute Gasteiger partial charge is 0.474 e. The van der Waals surface area contributed by atoms with Gasteiger partial charge in [0, 0.05) is 30.1 Å². The predicted molar refractivity (Wildman–Crippen MR) is 87.1 cm³/mol. The number of pyridine rings is 1. The van der Waals surface area contributed by atoms with Gasteiger partial charge in [-0.15, -0.1) is 0 Å². The molecule has 4 nitrogen and oxygen atoms in total. The number of aromatic nitrogens is 1. The first-order valence-corrected chi connectivity index (χ1v) is 9.06. The van der Waals surface area contributed by atoms with Gasteiger partial charge in [0.15, 0.2) is 0 Å². The van der Waals surface area contributed by atoms with Crippen LogP contribution in [0.1, 0.15) is 44.1 Å². The first-order chi connectivity index (χ1) is 11.4. The number of carbonyl (C=O) groups excluding carboxylic acids is 1. The molecule has 1 heterocycles. The van der Waals surface area contributed by atoms with Crippen LogP contribution in [-0.4, -0.2) is 28.4 Å². The van der Waals surface area contributed by atoms with Gasteiger partial charge >= 0.3 is 6.18 Å². The number of nitrogens with zero attached hydrogens (tertiary/aromatic N) is 1. The highest BCUT2D eigenvalue weighted by molar-refractivity contribution is 9.09. The Kier molecular flexibility index (Phi) is 6.89. The maximum Gasteiger partial charge on any atom is 0.417 e. The Morgan fingerprint density at radius 2 is 2.00 bits per heavy atom. The van der Waals surface area contributed by atoms with Crippen molar-refractivity contribution in [1.82, 2.24) is 10.3 Å². The summed E-state index contributed by atoms with van der Waals surface area (Å²) < 4.78 is 43.1. The van der Waals surface area contributed by atoms with Crippen molar-refractivity contribution in [2.24, 2.45) is 0 Å². The van der Waals surface area contributed by atoms with Crippen LogP contribution < -0.4 is 10.1 Å². The normalized spacial score (nSPS) is 21.3. The Labute approximate surface area is 147 Å². The molecule has 0 radical (unpaired) electrons. The van der Waals surface area contributed by atoms with Gasteiger partial charge in [-0.1, -0.05) is 15.9 Å². The van der Waals surface area contributed by atoms with Crippen molar-refractivity contribution in [1.29, 1.82) is 0 Å². The minimum absolute atomic E-state index is 0.0585. The predicted octanol–water partition coefficient (Wildman–Crippen LogP) is 4.08. The molecule has 8 heteroatoms. The van der Waals surface area contributed by atoms with E-state index in [1.807, 2.05) is 0 Å². The van der Waals surface area contributed by atoms with Crippen LogP contribution in [0.25, 0.3) is 0 Å². The molecule has 0 aromatic carbocycles. The zero-order valence-corrected chi connectivity index (χ0v) is 14.7. The van der Waals surface area contributed by atoms with Gasteiger partial charge < -0.3 is 10.1 Å². The zero-order valence-electron chi connectivity index (χ0n) is 13.1.